The lowest BCUT2D eigenvalue weighted by Crippen LogP contribution is -2.24. The van der Waals surface area contributed by atoms with Gasteiger partial charge in [-0.2, -0.15) is 0 Å². The van der Waals surface area contributed by atoms with E-state index in [2.05, 4.69) is 26.3 Å². The van der Waals surface area contributed by atoms with Crippen molar-refractivity contribution < 1.29 is 4.43 Å². The van der Waals surface area contributed by atoms with E-state index < -0.39 is 9.04 Å². The third-order valence-electron chi connectivity index (χ3n) is 1.94. The van der Waals surface area contributed by atoms with E-state index >= 15 is 0 Å². The molecule has 1 radical (unpaired) electrons. The monoisotopic (exact) mass is 221 g/mol. The summed E-state index contributed by atoms with van der Waals surface area (Å²) in [5, 5.41) is 0. The molecule has 0 saturated carbocycles. The fraction of sp³-hybridized carbons (Fsp3) is 0.385. The summed E-state index contributed by atoms with van der Waals surface area (Å²) in [5.41, 5.74) is 0. The van der Waals surface area contributed by atoms with Crippen molar-refractivity contribution in [1.29, 1.82) is 0 Å². The molecule has 1 nitrogen and oxygen atoms in total. The van der Waals surface area contributed by atoms with Crippen molar-refractivity contribution in [1.82, 2.24) is 0 Å². The summed E-state index contributed by atoms with van der Waals surface area (Å²) in [6.07, 6.45) is 9.65. The zero-order chi connectivity index (χ0) is 11.5. The lowest BCUT2D eigenvalue weighted by Gasteiger charge is -2.20. The van der Waals surface area contributed by atoms with E-state index in [1.165, 1.54) is 0 Å². The molecule has 0 bridgehead atoms. The van der Waals surface area contributed by atoms with Gasteiger partial charge in [0.15, 0.2) is 0 Å². The Balaban J connectivity index is 4.15. The lowest BCUT2D eigenvalue weighted by atomic mass is 10.2. The van der Waals surface area contributed by atoms with E-state index in [1.807, 2.05) is 24.3 Å². The van der Waals surface area contributed by atoms with Gasteiger partial charge in [-0.3, -0.25) is 0 Å². The third kappa shape index (κ3) is 7.11. The minimum Gasteiger partial charge on any atom is -0.412 e. The summed E-state index contributed by atoms with van der Waals surface area (Å²) in [6, 6.07) is 1.92. The molecule has 0 aromatic heterocycles. The van der Waals surface area contributed by atoms with Gasteiger partial charge < -0.3 is 4.43 Å². The summed E-state index contributed by atoms with van der Waals surface area (Å²) in [5.74, 6) is 0. The second-order valence-electron chi connectivity index (χ2n) is 3.31. The molecule has 0 aliphatic heterocycles. The van der Waals surface area contributed by atoms with Gasteiger partial charge in [0, 0.05) is 0 Å². The first-order valence-electron chi connectivity index (χ1n) is 5.23. The highest BCUT2D eigenvalue weighted by Gasteiger charge is 2.15. The van der Waals surface area contributed by atoms with Gasteiger partial charge in [0.1, 0.15) is 0 Å². The minimum absolute atomic E-state index is 0.230. The van der Waals surface area contributed by atoms with Gasteiger partial charge in [-0.05, 0) is 24.9 Å². The lowest BCUT2D eigenvalue weighted by molar-refractivity contribution is 0.209. The first-order chi connectivity index (χ1) is 7.28. The van der Waals surface area contributed by atoms with Crippen LogP contribution in [-0.2, 0) is 4.43 Å². The van der Waals surface area contributed by atoms with Crippen molar-refractivity contribution in [3.8, 4) is 0 Å². The minimum atomic E-state index is -0.821. The highest BCUT2D eigenvalue weighted by atomic mass is 28.3. The highest BCUT2D eigenvalue weighted by Crippen LogP contribution is 2.12. The van der Waals surface area contributed by atoms with E-state index in [0.717, 1.165) is 24.9 Å². The Morgan fingerprint density at radius 2 is 1.33 bits per heavy atom. The van der Waals surface area contributed by atoms with Gasteiger partial charge in [-0.25, -0.2) is 0 Å². The molecule has 0 amide bonds. The van der Waals surface area contributed by atoms with Gasteiger partial charge in [0.25, 0.3) is 0 Å². The average molecular weight is 221 g/mol. The molecule has 0 fully saturated rings. The van der Waals surface area contributed by atoms with Crippen LogP contribution in [0.5, 0.6) is 0 Å². The summed E-state index contributed by atoms with van der Waals surface area (Å²) in [7, 11) is -0.821. The molecule has 83 valence electrons. The van der Waals surface area contributed by atoms with Crippen molar-refractivity contribution >= 4 is 9.04 Å². The number of rotatable bonds is 10. The fourth-order valence-electron chi connectivity index (χ4n) is 1.30. The molecule has 0 unspecified atom stereocenters. The van der Waals surface area contributed by atoms with Gasteiger partial charge in [-0.15, -0.1) is 26.3 Å². The van der Waals surface area contributed by atoms with Gasteiger partial charge in [-0.1, -0.05) is 24.3 Å². The highest BCUT2D eigenvalue weighted by molar-refractivity contribution is 6.53. The maximum Gasteiger partial charge on any atom is 0.219 e. The first-order valence-corrected chi connectivity index (χ1v) is 7.05. The first kappa shape index (κ1) is 14.1. The molecule has 2 heteroatoms. The van der Waals surface area contributed by atoms with Crippen LogP contribution in [0.15, 0.2) is 50.6 Å². The normalized spacial score (nSPS) is 10.3. The molecule has 15 heavy (non-hydrogen) atoms. The second kappa shape index (κ2) is 9.68. The van der Waals surface area contributed by atoms with Crippen LogP contribution in [0.3, 0.4) is 0 Å². The maximum absolute atomic E-state index is 6.03. The Morgan fingerprint density at radius 3 is 1.67 bits per heavy atom. The van der Waals surface area contributed by atoms with Crippen LogP contribution in [0.1, 0.15) is 12.8 Å². The molecule has 0 rings (SSSR count). The molecule has 0 N–H and O–H groups in total. The largest absolute Gasteiger partial charge is 0.412 e. The Hall–Kier alpha value is -0.863. The molecule has 0 heterocycles. The molecular weight excluding hydrogens is 200 g/mol. The smallest absolute Gasteiger partial charge is 0.219 e. The number of hydrogen-bond donors (Lipinski definition) is 0. The predicted octanol–water partition coefficient (Wildman–Crippen LogP) is 3.89. The van der Waals surface area contributed by atoms with E-state index in [9.17, 15) is 0 Å². The zero-order valence-electron chi connectivity index (χ0n) is 9.45. The van der Waals surface area contributed by atoms with Crippen LogP contribution < -0.4 is 0 Å². The molecule has 0 aromatic carbocycles. The SMILES string of the molecule is C=CCC(CC=C)O[Si](CC=C)CC=C. The number of allylic oxidation sites excluding steroid dienone is 2. The fourth-order valence-corrected chi connectivity index (χ4v) is 2.97. The van der Waals surface area contributed by atoms with E-state index in [4.69, 9.17) is 4.43 Å². The van der Waals surface area contributed by atoms with Crippen molar-refractivity contribution in [2.75, 3.05) is 0 Å². The van der Waals surface area contributed by atoms with Crippen LogP contribution >= 0.6 is 0 Å². The number of hydrogen-bond acceptors (Lipinski definition) is 1. The average Bonchev–Trinajstić information content (AvgIpc) is 2.19. The van der Waals surface area contributed by atoms with Crippen LogP contribution in [0.25, 0.3) is 0 Å². The predicted molar refractivity (Wildman–Crippen MR) is 70.3 cm³/mol. The van der Waals surface area contributed by atoms with Crippen molar-refractivity contribution in [2.45, 2.75) is 31.0 Å². The quantitative estimate of drug-likeness (QED) is 0.402. The molecule has 0 aromatic rings. The summed E-state index contributed by atoms with van der Waals surface area (Å²) in [6.45, 7) is 15.0. The molecule has 0 spiro atoms. The summed E-state index contributed by atoms with van der Waals surface area (Å²) >= 11 is 0. The van der Waals surface area contributed by atoms with E-state index in [0.29, 0.717) is 0 Å². The van der Waals surface area contributed by atoms with E-state index in [-0.39, 0.29) is 6.10 Å². The Labute approximate surface area is 95.6 Å². The van der Waals surface area contributed by atoms with Gasteiger partial charge in [0.05, 0.1) is 6.10 Å². The van der Waals surface area contributed by atoms with Crippen LogP contribution in [0.4, 0.5) is 0 Å². The van der Waals surface area contributed by atoms with Crippen LogP contribution in [0, 0.1) is 0 Å². The van der Waals surface area contributed by atoms with Gasteiger partial charge in [0.2, 0.25) is 9.04 Å². The molecule has 0 aliphatic carbocycles. The van der Waals surface area contributed by atoms with E-state index in [1.54, 1.807) is 0 Å². The van der Waals surface area contributed by atoms with Crippen LogP contribution in [-0.4, -0.2) is 15.1 Å². The second-order valence-corrected chi connectivity index (χ2v) is 5.44. The maximum atomic E-state index is 6.03. The van der Waals surface area contributed by atoms with Crippen LogP contribution in [0.2, 0.25) is 12.1 Å². The molecular formula is C13H21OSi. The third-order valence-corrected chi connectivity index (χ3v) is 4.09. The standard InChI is InChI=1S/C13H21OSi/c1-5-9-13(10-6-2)14-15(11-7-3)12-8-4/h5-8,13H,1-4,9-12H2. The Morgan fingerprint density at radius 1 is 0.867 bits per heavy atom. The van der Waals surface area contributed by atoms with Crippen molar-refractivity contribution in [3.63, 3.8) is 0 Å². The molecule has 0 aliphatic rings. The topological polar surface area (TPSA) is 9.23 Å². The summed E-state index contributed by atoms with van der Waals surface area (Å²) < 4.78 is 6.03. The van der Waals surface area contributed by atoms with Crippen molar-refractivity contribution in [2.24, 2.45) is 0 Å². The Bertz CT molecular complexity index is 169. The Kier molecular flexibility index (Phi) is 9.13. The zero-order valence-corrected chi connectivity index (χ0v) is 10.5. The summed E-state index contributed by atoms with van der Waals surface area (Å²) in [4.78, 5) is 0. The molecule has 0 saturated heterocycles. The van der Waals surface area contributed by atoms with Gasteiger partial charge >= 0.3 is 0 Å². The van der Waals surface area contributed by atoms with Crippen molar-refractivity contribution in [3.05, 3.63) is 50.6 Å². The molecule has 0 atom stereocenters.